The predicted molar refractivity (Wildman–Crippen MR) is 256 cm³/mol. The Bertz CT molecular complexity index is 2340. The summed E-state index contributed by atoms with van der Waals surface area (Å²) in [7, 11) is 2.80. The summed E-state index contributed by atoms with van der Waals surface area (Å²) in [5, 5.41) is 20.1. The molecule has 4 heterocycles. The van der Waals surface area contributed by atoms with Gasteiger partial charge in [0.15, 0.2) is 0 Å². The summed E-state index contributed by atoms with van der Waals surface area (Å²) in [6.07, 6.45) is 8.29. The number of nitriles is 1. The van der Waals surface area contributed by atoms with Crippen molar-refractivity contribution in [3.63, 3.8) is 0 Å². The first-order chi connectivity index (χ1) is 31.1. The Hall–Kier alpha value is -4.29. The molecule has 4 fully saturated rings. The van der Waals surface area contributed by atoms with E-state index in [1.807, 2.05) is 37.4 Å². The Kier molecular flexibility index (Phi) is 14.2. The highest BCUT2D eigenvalue weighted by Crippen LogP contribution is 2.56. The van der Waals surface area contributed by atoms with E-state index in [9.17, 15) is 19.1 Å². The molecule has 5 unspecified atom stereocenters. The van der Waals surface area contributed by atoms with E-state index >= 15 is 0 Å². The van der Waals surface area contributed by atoms with E-state index in [1.54, 1.807) is 30.1 Å². The number of likely N-dealkylation sites (N-methyl/N-ethyl adjacent to an activating group) is 1. The summed E-state index contributed by atoms with van der Waals surface area (Å²) in [5.41, 5.74) is 2.96. The van der Waals surface area contributed by atoms with Crippen LogP contribution in [0.4, 0.5) is 0 Å². The Labute approximate surface area is 392 Å². The fourth-order valence-corrected chi connectivity index (χ4v) is 12.6. The Morgan fingerprint density at radius 3 is 2.48 bits per heavy atom. The number of piperidine rings is 1. The van der Waals surface area contributed by atoms with Gasteiger partial charge >= 0.3 is 0 Å². The highest BCUT2D eigenvalue weighted by Gasteiger charge is 2.64. The molecule has 0 spiro atoms. The second-order valence-corrected chi connectivity index (χ2v) is 22.2. The van der Waals surface area contributed by atoms with E-state index < -0.39 is 10.8 Å². The molecular formula is C51H66ClN7O5S. The van der Waals surface area contributed by atoms with Crippen LogP contribution >= 0.6 is 11.6 Å². The van der Waals surface area contributed by atoms with Gasteiger partial charge in [-0.3, -0.25) is 28.9 Å². The van der Waals surface area contributed by atoms with E-state index in [-0.39, 0.29) is 59.0 Å². The number of rotatable bonds is 14. The van der Waals surface area contributed by atoms with Crippen molar-refractivity contribution in [1.82, 2.24) is 30.7 Å². The molecule has 5 atom stereocenters. The van der Waals surface area contributed by atoms with Gasteiger partial charge in [-0.1, -0.05) is 64.8 Å². The van der Waals surface area contributed by atoms with Gasteiger partial charge in [0.05, 0.1) is 33.3 Å². The smallest absolute Gasteiger partial charge is 0.244 e. The molecule has 2 amide bonds. The molecule has 0 radical (unpaired) electrons. The number of amides is 2. The number of hydrogen-bond acceptors (Lipinski definition) is 10. The molecule has 3 aromatic carbocycles. The predicted octanol–water partition coefficient (Wildman–Crippen LogP) is 7.39. The SMILES string of the molecule is CCS(=O)c1ccc(Oc2cccc(CCCC3CCN(C4NCC(C(=O)NC5C(C)(C)C(Oc6ccc(C#N)c(Cl)c6)C5(C)C)CN4C)CC3)c2)c(C2=CN(C)C(=O)C3NCCC23)c1. The lowest BCUT2D eigenvalue weighted by molar-refractivity contribution is -0.175. The lowest BCUT2D eigenvalue weighted by atomic mass is 9.49. The number of ether oxygens (including phenoxy) is 2. The van der Waals surface area contributed by atoms with Gasteiger partial charge in [-0.15, -0.1) is 0 Å². The summed E-state index contributed by atoms with van der Waals surface area (Å²) in [6, 6.07) is 21.1. The average Bonchev–Trinajstić information content (AvgIpc) is 3.79. The molecule has 12 nitrogen and oxygen atoms in total. The van der Waals surface area contributed by atoms with Gasteiger partial charge in [-0.05, 0) is 105 Å². The van der Waals surface area contributed by atoms with E-state index in [0.717, 1.165) is 73.5 Å². The summed E-state index contributed by atoms with van der Waals surface area (Å²) in [6.45, 7) is 14.6. The minimum absolute atomic E-state index is 0.0364. The number of fused-ring (bicyclic) bond motifs is 1. The number of halogens is 1. The van der Waals surface area contributed by atoms with Gasteiger partial charge in [0.1, 0.15) is 35.7 Å². The van der Waals surface area contributed by atoms with Crippen molar-refractivity contribution in [3.8, 4) is 23.3 Å². The van der Waals surface area contributed by atoms with E-state index in [1.165, 1.54) is 12.0 Å². The zero-order valence-electron chi connectivity index (χ0n) is 39.0. The number of hydrogen-bond donors (Lipinski definition) is 3. The van der Waals surface area contributed by atoms with Crippen LogP contribution in [-0.2, 0) is 26.8 Å². The number of benzene rings is 3. The van der Waals surface area contributed by atoms with Crippen molar-refractivity contribution >= 4 is 39.8 Å². The number of nitrogens with zero attached hydrogens (tertiary/aromatic N) is 4. The van der Waals surface area contributed by atoms with Crippen molar-refractivity contribution in [2.24, 2.45) is 28.6 Å². The van der Waals surface area contributed by atoms with Gasteiger partial charge in [-0.25, -0.2) is 0 Å². The molecule has 0 aromatic heterocycles. The van der Waals surface area contributed by atoms with Gasteiger partial charge in [0.25, 0.3) is 0 Å². The summed E-state index contributed by atoms with van der Waals surface area (Å²) in [4.78, 5) is 34.0. The standard InChI is InChI=1S/C51H66ClN7O5S/c1-8-65(62)38-17-18-43(40(27-38)41-31-57(6)46(61)44-39(41)19-22-54-44)63-36-14-10-13-33(25-36)12-9-11-32-20-23-59(24-21-32)49-55-29-35(30-58(49)7)45(60)56-47-50(2,3)48(51(47,4)5)64-37-16-15-34(28-53)42(52)26-37/h10,13-18,25-27,31-32,35,39,44,47-49,54-55H,8-9,11-12,19-24,29-30H2,1-7H3,(H,56,60). The number of carbonyl (C=O) groups is 2. The van der Waals surface area contributed by atoms with Crippen LogP contribution in [-0.4, -0.2) is 108 Å². The van der Waals surface area contributed by atoms with E-state index in [2.05, 4.69) is 84.8 Å². The van der Waals surface area contributed by atoms with Gasteiger partial charge < -0.3 is 25.0 Å². The van der Waals surface area contributed by atoms with E-state index in [4.69, 9.17) is 21.1 Å². The minimum atomic E-state index is -1.12. The fourth-order valence-electron chi connectivity index (χ4n) is 11.6. The summed E-state index contributed by atoms with van der Waals surface area (Å²) >= 11 is 6.29. The molecule has 8 rings (SSSR count). The highest BCUT2D eigenvalue weighted by atomic mass is 35.5. The number of likely N-dealkylation sites (tertiary alicyclic amines) is 1. The Balaban J connectivity index is 0.800. The molecule has 1 aliphatic carbocycles. The molecule has 3 N–H and O–H groups in total. The van der Waals surface area contributed by atoms with Crippen molar-refractivity contribution in [2.45, 2.75) is 103 Å². The largest absolute Gasteiger partial charge is 0.489 e. The minimum Gasteiger partial charge on any atom is -0.489 e. The summed E-state index contributed by atoms with van der Waals surface area (Å²) < 4.78 is 26.0. The molecule has 348 valence electrons. The van der Waals surface area contributed by atoms with Crippen LogP contribution in [0.2, 0.25) is 5.02 Å². The van der Waals surface area contributed by atoms with Gasteiger partial charge in [0, 0.05) is 84.5 Å². The Morgan fingerprint density at radius 2 is 1.77 bits per heavy atom. The van der Waals surface area contributed by atoms with Crippen LogP contribution in [0.15, 0.2) is 71.8 Å². The number of carbonyl (C=O) groups excluding carboxylic acids is 2. The topological polar surface area (TPSA) is 139 Å². The maximum atomic E-state index is 13.8. The van der Waals surface area contributed by atoms with Crippen LogP contribution < -0.4 is 25.4 Å². The molecule has 3 saturated heterocycles. The number of nitrogens with one attached hydrogen (secondary N) is 3. The van der Waals surface area contributed by atoms with Crippen molar-refractivity contribution in [1.29, 1.82) is 5.26 Å². The maximum absolute atomic E-state index is 13.8. The number of aryl methyl sites for hydroxylation is 1. The first-order valence-electron chi connectivity index (χ1n) is 23.4. The molecule has 5 aliphatic rings. The summed E-state index contributed by atoms with van der Waals surface area (Å²) in [5.74, 6) is 3.31. The molecule has 1 saturated carbocycles. The molecule has 3 aromatic rings. The quantitative estimate of drug-likeness (QED) is 0.150. The third kappa shape index (κ3) is 9.76. The lowest BCUT2D eigenvalue weighted by Gasteiger charge is -2.63. The maximum Gasteiger partial charge on any atom is 0.244 e. The van der Waals surface area contributed by atoms with Crippen LogP contribution in [0, 0.1) is 39.9 Å². The molecule has 4 aliphatic heterocycles. The van der Waals surface area contributed by atoms with Crippen LogP contribution in [0.3, 0.4) is 0 Å². The van der Waals surface area contributed by atoms with Crippen LogP contribution in [0.5, 0.6) is 17.2 Å². The zero-order chi connectivity index (χ0) is 46.2. The van der Waals surface area contributed by atoms with Gasteiger partial charge in [-0.2, -0.15) is 5.26 Å². The first kappa shape index (κ1) is 47.2. The zero-order valence-corrected chi connectivity index (χ0v) is 40.6. The molecular weight excluding hydrogens is 858 g/mol. The second-order valence-electron chi connectivity index (χ2n) is 20.0. The third-order valence-electron chi connectivity index (χ3n) is 14.8. The van der Waals surface area contributed by atoms with Crippen molar-refractivity contribution in [3.05, 3.63) is 88.6 Å². The van der Waals surface area contributed by atoms with Crippen molar-refractivity contribution in [2.75, 3.05) is 52.6 Å². The second kappa shape index (κ2) is 19.5. The Morgan fingerprint density at radius 1 is 1.00 bits per heavy atom. The fraction of sp³-hybridized carbons (Fsp3) is 0.549. The average molecular weight is 925 g/mol. The molecule has 0 bridgehead atoms. The monoisotopic (exact) mass is 923 g/mol. The normalized spacial score (nSPS) is 27.2. The van der Waals surface area contributed by atoms with Crippen molar-refractivity contribution < 1.29 is 23.3 Å². The highest BCUT2D eigenvalue weighted by molar-refractivity contribution is 7.85. The third-order valence-corrected chi connectivity index (χ3v) is 16.5. The molecule has 65 heavy (non-hydrogen) atoms. The van der Waals surface area contributed by atoms with E-state index in [0.29, 0.717) is 46.8 Å². The first-order valence-corrected chi connectivity index (χ1v) is 25.1. The molecule has 14 heteroatoms. The van der Waals surface area contributed by atoms with Crippen LogP contribution in [0.25, 0.3) is 5.57 Å². The van der Waals surface area contributed by atoms with Gasteiger partial charge in [0.2, 0.25) is 11.8 Å². The lowest BCUT2D eigenvalue weighted by Crippen LogP contribution is -2.75. The van der Waals surface area contributed by atoms with Crippen LogP contribution in [0.1, 0.15) is 83.4 Å².